The Morgan fingerprint density at radius 2 is 0.609 bits per heavy atom. The highest BCUT2D eigenvalue weighted by Gasteiger charge is 2.45. The normalized spacial score (nSPS) is 26.7. The first kappa shape index (κ1) is 42.2. The molecule has 10 heteroatoms. The average molecular weight is 657 g/mol. The SMILES string of the molecule is O=C(O)C=CC1(C=CC(=O)O)CCCCCCCCC1(O)O.OC1(O)CCCCCCCCC1.OC1(O)CCCCCCCCC1. The van der Waals surface area contributed by atoms with Crippen LogP contribution in [-0.4, -0.2) is 70.2 Å². The van der Waals surface area contributed by atoms with Crippen LogP contribution in [0.1, 0.15) is 167 Å². The van der Waals surface area contributed by atoms with Crippen molar-refractivity contribution in [1.29, 1.82) is 0 Å². The maximum Gasteiger partial charge on any atom is 0.328 e. The van der Waals surface area contributed by atoms with Crippen molar-refractivity contribution in [2.24, 2.45) is 5.41 Å². The Kier molecular flexibility index (Phi) is 20.8. The molecule has 3 aliphatic rings. The van der Waals surface area contributed by atoms with Crippen molar-refractivity contribution >= 4 is 11.9 Å². The molecule has 0 atom stereocenters. The van der Waals surface area contributed by atoms with Gasteiger partial charge in [-0.3, -0.25) is 0 Å². The summed E-state index contributed by atoms with van der Waals surface area (Å²) in [4.78, 5) is 21.6. The summed E-state index contributed by atoms with van der Waals surface area (Å²) >= 11 is 0. The summed E-state index contributed by atoms with van der Waals surface area (Å²) in [6, 6.07) is 0. The number of aliphatic carboxylic acids is 2. The first-order valence-corrected chi connectivity index (χ1v) is 17.9. The van der Waals surface area contributed by atoms with Crippen LogP contribution in [0.3, 0.4) is 0 Å². The van der Waals surface area contributed by atoms with Crippen LogP contribution >= 0.6 is 0 Å². The van der Waals surface area contributed by atoms with Gasteiger partial charge in [0.15, 0.2) is 17.4 Å². The number of carbonyl (C=O) groups is 2. The lowest BCUT2D eigenvalue weighted by atomic mass is 9.71. The van der Waals surface area contributed by atoms with E-state index in [4.69, 9.17) is 10.2 Å². The van der Waals surface area contributed by atoms with Crippen LogP contribution in [0.5, 0.6) is 0 Å². The molecular formula is C36H64O10. The van der Waals surface area contributed by atoms with E-state index in [0.717, 1.165) is 89.2 Å². The van der Waals surface area contributed by atoms with Crippen LogP contribution in [0, 0.1) is 5.41 Å². The molecule has 3 fully saturated rings. The fourth-order valence-corrected chi connectivity index (χ4v) is 6.51. The third-order valence-corrected chi connectivity index (χ3v) is 9.47. The molecule has 0 amide bonds. The number of carboxylic acids is 2. The monoisotopic (exact) mass is 656 g/mol. The largest absolute Gasteiger partial charge is 0.478 e. The van der Waals surface area contributed by atoms with Gasteiger partial charge in [-0.25, -0.2) is 9.59 Å². The summed E-state index contributed by atoms with van der Waals surface area (Å²) in [6.07, 6.45) is 27.9. The zero-order valence-electron chi connectivity index (χ0n) is 28.1. The minimum Gasteiger partial charge on any atom is -0.478 e. The van der Waals surface area contributed by atoms with Crippen molar-refractivity contribution in [3.05, 3.63) is 24.3 Å². The van der Waals surface area contributed by atoms with E-state index < -0.39 is 34.7 Å². The summed E-state index contributed by atoms with van der Waals surface area (Å²) in [5.74, 6) is -7.33. The van der Waals surface area contributed by atoms with E-state index in [1.807, 2.05) is 0 Å². The van der Waals surface area contributed by atoms with Gasteiger partial charge in [0.2, 0.25) is 0 Å². The van der Waals surface area contributed by atoms with Gasteiger partial charge in [-0.2, -0.15) is 0 Å². The highest BCUT2D eigenvalue weighted by atomic mass is 16.5. The maximum absolute atomic E-state index is 10.8. The van der Waals surface area contributed by atoms with Crippen molar-refractivity contribution in [3.63, 3.8) is 0 Å². The van der Waals surface area contributed by atoms with E-state index in [2.05, 4.69) is 0 Å². The van der Waals surface area contributed by atoms with Gasteiger partial charge in [0, 0.05) is 44.3 Å². The number of hydrogen-bond donors (Lipinski definition) is 8. The molecular weight excluding hydrogens is 592 g/mol. The predicted octanol–water partition coefficient (Wildman–Crippen LogP) is 6.45. The minimum absolute atomic E-state index is 0.0704. The molecule has 0 saturated heterocycles. The van der Waals surface area contributed by atoms with E-state index in [0.29, 0.717) is 38.5 Å². The topological polar surface area (TPSA) is 196 Å². The van der Waals surface area contributed by atoms with Crippen molar-refractivity contribution < 1.29 is 50.4 Å². The Hall–Kier alpha value is -1.82. The van der Waals surface area contributed by atoms with Gasteiger partial charge in [-0.05, 0) is 38.5 Å². The van der Waals surface area contributed by atoms with E-state index in [1.165, 1.54) is 50.7 Å². The molecule has 8 N–H and O–H groups in total. The first-order chi connectivity index (χ1) is 21.7. The first-order valence-electron chi connectivity index (χ1n) is 17.9. The molecule has 10 nitrogen and oxygen atoms in total. The van der Waals surface area contributed by atoms with Gasteiger partial charge in [0.05, 0.1) is 5.41 Å². The van der Waals surface area contributed by atoms with Crippen LogP contribution in [0.2, 0.25) is 0 Å². The highest BCUT2D eigenvalue weighted by Crippen LogP contribution is 2.42. The second-order valence-electron chi connectivity index (χ2n) is 13.7. The molecule has 0 heterocycles. The van der Waals surface area contributed by atoms with E-state index in [-0.39, 0.29) is 12.8 Å². The number of aliphatic hydroxyl groups is 6. The Morgan fingerprint density at radius 3 is 0.891 bits per heavy atom. The van der Waals surface area contributed by atoms with Crippen molar-refractivity contribution in [3.8, 4) is 0 Å². The van der Waals surface area contributed by atoms with Crippen LogP contribution in [0.4, 0.5) is 0 Å². The summed E-state index contributed by atoms with van der Waals surface area (Å²) in [5, 5.41) is 76.5. The highest BCUT2D eigenvalue weighted by molar-refractivity contribution is 5.81. The Morgan fingerprint density at radius 1 is 0.370 bits per heavy atom. The minimum atomic E-state index is -2.18. The lowest BCUT2D eigenvalue weighted by molar-refractivity contribution is -0.221. The van der Waals surface area contributed by atoms with Crippen molar-refractivity contribution in [2.45, 2.75) is 184 Å². The van der Waals surface area contributed by atoms with Crippen LogP contribution in [-0.2, 0) is 9.59 Å². The van der Waals surface area contributed by atoms with Crippen LogP contribution < -0.4 is 0 Å². The number of rotatable bonds is 4. The van der Waals surface area contributed by atoms with E-state index in [9.17, 15) is 40.2 Å². The van der Waals surface area contributed by atoms with Gasteiger partial charge in [0.1, 0.15) is 0 Å². The molecule has 0 radical (unpaired) electrons. The van der Waals surface area contributed by atoms with Crippen molar-refractivity contribution in [1.82, 2.24) is 0 Å². The number of hydrogen-bond acceptors (Lipinski definition) is 8. The lowest BCUT2D eigenvalue weighted by Crippen LogP contribution is -2.46. The van der Waals surface area contributed by atoms with Gasteiger partial charge in [-0.1, -0.05) is 108 Å². The molecule has 268 valence electrons. The zero-order chi connectivity index (χ0) is 34.4. The third-order valence-electron chi connectivity index (χ3n) is 9.47. The third kappa shape index (κ3) is 19.8. The van der Waals surface area contributed by atoms with Gasteiger partial charge >= 0.3 is 11.9 Å². The van der Waals surface area contributed by atoms with Gasteiger partial charge in [-0.15, -0.1) is 0 Å². The summed E-state index contributed by atoms with van der Waals surface area (Å²) in [7, 11) is 0. The molecule has 0 aliphatic heterocycles. The molecule has 0 unspecified atom stereocenters. The van der Waals surface area contributed by atoms with Gasteiger partial charge in [0.25, 0.3) is 0 Å². The van der Waals surface area contributed by atoms with Crippen LogP contribution in [0.25, 0.3) is 0 Å². The molecule has 0 aromatic heterocycles. The van der Waals surface area contributed by atoms with Crippen LogP contribution in [0.15, 0.2) is 24.3 Å². The Labute approximate surface area is 276 Å². The van der Waals surface area contributed by atoms with Gasteiger partial charge < -0.3 is 40.9 Å². The lowest BCUT2D eigenvalue weighted by Gasteiger charge is -2.40. The molecule has 0 spiro atoms. The Balaban J connectivity index is 0.000000373. The number of carboxylic acid groups (broad SMARTS) is 2. The fourth-order valence-electron chi connectivity index (χ4n) is 6.51. The summed E-state index contributed by atoms with van der Waals surface area (Å²) < 4.78 is 0. The molecule has 0 aromatic carbocycles. The smallest absolute Gasteiger partial charge is 0.328 e. The molecule has 3 aliphatic carbocycles. The fraction of sp³-hybridized carbons (Fsp3) is 0.833. The summed E-state index contributed by atoms with van der Waals surface area (Å²) in [5.41, 5.74) is -1.42. The standard InChI is InChI=1S/C16H24O6.2C10H20O2/c17-13(18)7-11-15(12-8-14(19)20)9-5-3-1-2-4-6-10-16(15,21)22;2*11-10(12)8-6-4-2-1-3-5-7-9-10/h7-8,11-12,21-22H,1-6,9-10H2,(H,17,18)(H,19,20);2*11-12H,1-9H2. The summed E-state index contributed by atoms with van der Waals surface area (Å²) in [6.45, 7) is 0. The average Bonchev–Trinajstić information content (AvgIpc) is 2.98. The second-order valence-corrected chi connectivity index (χ2v) is 13.7. The molecule has 46 heavy (non-hydrogen) atoms. The molecule has 3 rings (SSSR count). The second kappa shape index (κ2) is 22.7. The maximum atomic E-state index is 10.8. The Bertz CT molecular complexity index is 815. The van der Waals surface area contributed by atoms with E-state index in [1.54, 1.807) is 0 Å². The zero-order valence-corrected chi connectivity index (χ0v) is 28.1. The van der Waals surface area contributed by atoms with Crippen molar-refractivity contribution in [2.75, 3.05) is 0 Å². The molecule has 0 aromatic rings. The molecule has 3 saturated carbocycles. The quantitative estimate of drug-likeness (QED) is 0.123. The predicted molar refractivity (Wildman–Crippen MR) is 178 cm³/mol. The molecule has 0 bridgehead atoms. The van der Waals surface area contributed by atoms with E-state index >= 15 is 0 Å².